The second-order valence-electron chi connectivity index (χ2n) is 6.48. The minimum Gasteiger partial charge on any atom is -0.337 e. The number of alkyl halides is 3. The van der Waals surface area contributed by atoms with Crippen molar-refractivity contribution in [1.82, 2.24) is 24.6 Å². The number of carbonyl (C=O) groups is 1. The predicted molar refractivity (Wildman–Crippen MR) is 91.0 cm³/mol. The maximum atomic E-state index is 12.6. The van der Waals surface area contributed by atoms with E-state index < -0.39 is 11.7 Å². The van der Waals surface area contributed by atoms with Crippen LogP contribution in [0.4, 0.5) is 19.1 Å². The summed E-state index contributed by atoms with van der Waals surface area (Å²) in [5.74, 6) is 0.0822. The molecule has 8 nitrogen and oxygen atoms in total. The number of rotatable bonds is 4. The Hall–Kier alpha value is -2.69. The third-order valence-electron chi connectivity index (χ3n) is 4.17. The zero-order chi connectivity index (χ0) is 19.6. The fourth-order valence-corrected chi connectivity index (χ4v) is 2.79. The average molecular weight is 383 g/mol. The second-order valence-corrected chi connectivity index (χ2v) is 6.48. The topological polar surface area (TPSA) is 93.2 Å². The SMILES string of the molecule is C[C@H](N)Cn1cc(C(=O)N2CCN(c3ncc(C(F)(F)F)cn3)CC2)cn1. The summed E-state index contributed by atoms with van der Waals surface area (Å²) in [5.41, 5.74) is 5.32. The van der Waals surface area contributed by atoms with Gasteiger partial charge in [0.05, 0.1) is 23.9 Å². The highest BCUT2D eigenvalue weighted by molar-refractivity contribution is 5.93. The number of piperazine rings is 1. The van der Waals surface area contributed by atoms with Gasteiger partial charge in [0.25, 0.3) is 5.91 Å². The van der Waals surface area contributed by atoms with E-state index in [1.807, 2.05) is 6.92 Å². The Balaban J connectivity index is 1.58. The zero-order valence-electron chi connectivity index (χ0n) is 14.7. The van der Waals surface area contributed by atoms with Gasteiger partial charge in [-0.15, -0.1) is 0 Å². The fourth-order valence-electron chi connectivity index (χ4n) is 2.79. The lowest BCUT2D eigenvalue weighted by Gasteiger charge is -2.34. The summed E-state index contributed by atoms with van der Waals surface area (Å²) >= 11 is 0. The van der Waals surface area contributed by atoms with Crippen molar-refractivity contribution in [3.05, 3.63) is 35.9 Å². The molecule has 0 radical (unpaired) electrons. The summed E-state index contributed by atoms with van der Waals surface area (Å²) in [6.45, 7) is 4.08. The highest BCUT2D eigenvalue weighted by atomic mass is 19.4. The molecule has 1 saturated heterocycles. The predicted octanol–water partition coefficient (Wildman–Crippen LogP) is 1.00. The van der Waals surface area contributed by atoms with Crippen molar-refractivity contribution in [3.63, 3.8) is 0 Å². The highest BCUT2D eigenvalue weighted by Gasteiger charge is 2.32. The van der Waals surface area contributed by atoms with E-state index >= 15 is 0 Å². The van der Waals surface area contributed by atoms with Gasteiger partial charge >= 0.3 is 6.18 Å². The van der Waals surface area contributed by atoms with E-state index in [1.54, 1.807) is 20.7 Å². The summed E-state index contributed by atoms with van der Waals surface area (Å²) < 4.78 is 39.4. The minimum absolute atomic E-state index is 0.0693. The molecule has 27 heavy (non-hydrogen) atoms. The lowest BCUT2D eigenvalue weighted by Crippen LogP contribution is -2.49. The van der Waals surface area contributed by atoms with Crippen molar-refractivity contribution in [2.24, 2.45) is 5.73 Å². The average Bonchev–Trinajstić information content (AvgIpc) is 3.08. The number of nitrogens with two attached hydrogens (primary N) is 1. The van der Waals surface area contributed by atoms with Crippen LogP contribution in [0.3, 0.4) is 0 Å². The smallest absolute Gasteiger partial charge is 0.337 e. The molecule has 1 aliphatic rings. The van der Waals surface area contributed by atoms with Crippen LogP contribution >= 0.6 is 0 Å². The van der Waals surface area contributed by atoms with E-state index in [0.717, 1.165) is 12.4 Å². The molecule has 1 aliphatic heterocycles. The van der Waals surface area contributed by atoms with Gasteiger partial charge < -0.3 is 15.5 Å². The molecule has 0 aromatic carbocycles. The molecule has 2 aromatic rings. The Bertz CT molecular complexity index is 780. The molecule has 2 aromatic heterocycles. The third kappa shape index (κ3) is 4.54. The number of hydrogen-bond donors (Lipinski definition) is 1. The van der Waals surface area contributed by atoms with Crippen LogP contribution in [0, 0.1) is 0 Å². The lowest BCUT2D eigenvalue weighted by molar-refractivity contribution is -0.138. The van der Waals surface area contributed by atoms with Gasteiger partial charge in [-0.2, -0.15) is 18.3 Å². The van der Waals surface area contributed by atoms with Crippen molar-refractivity contribution in [3.8, 4) is 0 Å². The van der Waals surface area contributed by atoms with Crippen LogP contribution in [0.15, 0.2) is 24.8 Å². The van der Waals surface area contributed by atoms with E-state index in [0.29, 0.717) is 38.3 Å². The summed E-state index contributed by atoms with van der Waals surface area (Å²) in [4.78, 5) is 23.6. The molecule has 0 saturated carbocycles. The number of anilines is 1. The summed E-state index contributed by atoms with van der Waals surface area (Å²) in [7, 11) is 0. The molecule has 1 amide bonds. The Labute approximate surface area is 153 Å². The molecule has 0 spiro atoms. The first-order valence-corrected chi connectivity index (χ1v) is 8.45. The molecule has 1 fully saturated rings. The minimum atomic E-state index is -4.46. The maximum absolute atomic E-state index is 12.6. The summed E-state index contributed by atoms with van der Waals surface area (Å²) in [6, 6.07) is -0.0693. The van der Waals surface area contributed by atoms with Crippen LogP contribution in [0.5, 0.6) is 0 Å². The van der Waals surface area contributed by atoms with E-state index in [1.165, 1.54) is 6.20 Å². The maximum Gasteiger partial charge on any atom is 0.419 e. The van der Waals surface area contributed by atoms with Crippen LogP contribution < -0.4 is 10.6 Å². The third-order valence-corrected chi connectivity index (χ3v) is 4.17. The lowest BCUT2D eigenvalue weighted by atomic mass is 10.2. The van der Waals surface area contributed by atoms with Gasteiger partial charge in [-0.3, -0.25) is 9.48 Å². The van der Waals surface area contributed by atoms with Crippen LogP contribution in [-0.4, -0.2) is 62.8 Å². The van der Waals surface area contributed by atoms with Crippen LogP contribution in [-0.2, 0) is 12.7 Å². The quantitative estimate of drug-likeness (QED) is 0.847. The largest absolute Gasteiger partial charge is 0.419 e. The molecule has 0 aliphatic carbocycles. The van der Waals surface area contributed by atoms with Crippen LogP contribution in [0.1, 0.15) is 22.8 Å². The van der Waals surface area contributed by atoms with E-state index in [4.69, 9.17) is 5.73 Å². The highest BCUT2D eigenvalue weighted by Crippen LogP contribution is 2.28. The molecule has 0 unspecified atom stereocenters. The van der Waals surface area contributed by atoms with Crippen LogP contribution in [0.2, 0.25) is 0 Å². The molecule has 3 rings (SSSR count). The molecule has 2 N–H and O–H groups in total. The Kier molecular flexibility index (Phi) is 5.31. The summed E-state index contributed by atoms with van der Waals surface area (Å²) in [6.07, 6.45) is 0.252. The number of nitrogens with zero attached hydrogens (tertiary/aromatic N) is 6. The molecular formula is C16H20F3N7O. The number of halogens is 3. The van der Waals surface area contributed by atoms with Crippen molar-refractivity contribution < 1.29 is 18.0 Å². The Morgan fingerprint density at radius 1 is 1.19 bits per heavy atom. The molecule has 3 heterocycles. The molecule has 1 atom stereocenters. The second kappa shape index (κ2) is 7.51. The first-order valence-electron chi connectivity index (χ1n) is 8.45. The van der Waals surface area contributed by atoms with Gasteiger partial charge in [0.15, 0.2) is 0 Å². The van der Waals surface area contributed by atoms with Gasteiger partial charge in [-0.05, 0) is 6.92 Å². The number of carbonyl (C=O) groups excluding carboxylic acids is 1. The van der Waals surface area contributed by atoms with Gasteiger partial charge in [0, 0.05) is 50.8 Å². The fraction of sp³-hybridized carbons (Fsp3) is 0.500. The first-order chi connectivity index (χ1) is 12.7. The van der Waals surface area contributed by atoms with Crippen molar-refractivity contribution in [2.75, 3.05) is 31.1 Å². The van der Waals surface area contributed by atoms with Gasteiger partial charge in [0.2, 0.25) is 5.95 Å². The molecule has 0 bridgehead atoms. The molecule has 11 heteroatoms. The van der Waals surface area contributed by atoms with E-state index in [9.17, 15) is 18.0 Å². The van der Waals surface area contributed by atoms with Gasteiger partial charge in [0.1, 0.15) is 0 Å². The van der Waals surface area contributed by atoms with E-state index in [-0.39, 0.29) is 17.9 Å². The number of hydrogen-bond acceptors (Lipinski definition) is 6. The normalized spacial score (nSPS) is 16.5. The van der Waals surface area contributed by atoms with Gasteiger partial charge in [-0.1, -0.05) is 0 Å². The van der Waals surface area contributed by atoms with Crippen molar-refractivity contribution in [1.29, 1.82) is 0 Å². The number of aromatic nitrogens is 4. The molecular weight excluding hydrogens is 363 g/mol. The monoisotopic (exact) mass is 383 g/mol. The Morgan fingerprint density at radius 3 is 2.37 bits per heavy atom. The number of amides is 1. The van der Waals surface area contributed by atoms with Crippen LogP contribution in [0.25, 0.3) is 0 Å². The van der Waals surface area contributed by atoms with Crippen molar-refractivity contribution in [2.45, 2.75) is 25.7 Å². The van der Waals surface area contributed by atoms with Crippen molar-refractivity contribution >= 4 is 11.9 Å². The molecule has 146 valence electrons. The Morgan fingerprint density at radius 2 is 1.81 bits per heavy atom. The summed E-state index contributed by atoms with van der Waals surface area (Å²) in [5, 5.41) is 4.13. The zero-order valence-corrected chi connectivity index (χ0v) is 14.7. The van der Waals surface area contributed by atoms with Gasteiger partial charge in [-0.25, -0.2) is 9.97 Å². The standard InChI is InChI=1S/C16H20F3N7O/c1-11(20)9-26-10-12(6-23-26)14(27)24-2-4-25(5-3-24)15-21-7-13(8-22-15)16(17,18)19/h6-8,10-11H,2-5,9,20H2,1H3/t11-/m0/s1. The first kappa shape index (κ1) is 19.1. The van der Waals surface area contributed by atoms with E-state index in [2.05, 4.69) is 15.1 Å².